The van der Waals surface area contributed by atoms with Crippen LogP contribution in [-0.2, 0) is 0 Å². The number of aromatic nitrogens is 1. The van der Waals surface area contributed by atoms with Crippen molar-refractivity contribution >= 4 is 49.2 Å². The fraction of sp³-hybridized carbons (Fsp3) is 0.0769. The number of hydrogen-bond donors (Lipinski definition) is 0. The molecule has 5 heteroatoms. The van der Waals surface area contributed by atoms with Crippen LogP contribution < -0.4 is 0 Å². The number of carbonyl (C=O) groups excluding carboxylic acids is 1. The minimum absolute atomic E-state index is 0.156. The molecule has 0 radical (unpaired) electrons. The van der Waals surface area contributed by atoms with Crippen molar-refractivity contribution in [2.24, 2.45) is 0 Å². The van der Waals surface area contributed by atoms with Crippen LogP contribution >= 0.6 is 43.5 Å². The molecule has 0 bridgehead atoms. The van der Waals surface area contributed by atoms with Crippen LogP contribution in [0.1, 0.15) is 21.6 Å². The van der Waals surface area contributed by atoms with Gasteiger partial charge >= 0.3 is 0 Å². The third kappa shape index (κ3) is 2.82. The van der Waals surface area contributed by atoms with E-state index in [0.717, 1.165) is 10.0 Å². The van der Waals surface area contributed by atoms with Gasteiger partial charge in [-0.3, -0.25) is 9.78 Å². The van der Waals surface area contributed by atoms with Gasteiger partial charge in [0.25, 0.3) is 0 Å². The fourth-order valence-electron chi connectivity index (χ4n) is 1.45. The molecule has 0 spiro atoms. The highest BCUT2D eigenvalue weighted by molar-refractivity contribution is 9.11. The number of rotatable bonds is 2. The van der Waals surface area contributed by atoms with Crippen LogP contribution in [0.5, 0.6) is 0 Å². The molecule has 0 saturated heterocycles. The number of hydrogen-bond acceptors (Lipinski definition) is 2. The first kappa shape index (κ1) is 13.7. The lowest BCUT2D eigenvalue weighted by atomic mass is 10.1. The lowest BCUT2D eigenvalue weighted by Crippen LogP contribution is -2.05. The van der Waals surface area contributed by atoms with Crippen molar-refractivity contribution in [3.8, 4) is 0 Å². The minimum Gasteiger partial charge on any atom is -0.287 e. The summed E-state index contributed by atoms with van der Waals surface area (Å²) in [4.78, 5) is 16.4. The maximum absolute atomic E-state index is 12.3. The van der Waals surface area contributed by atoms with Crippen molar-refractivity contribution in [3.05, 3.63) is 61.3 Å². The molecule has 0 aliphatic carbocycles. The summed E-state index contributed by atoms with van der Waals surface area (Å²) >= 11 is 12.6. The maximum atomic E-state index is 12.3. The number of aryl methyl sites for hydroxylation is 1. The second-order valence-electron chi connectivity index (χ2n) is 3.78. The van der Waals surface area contributed by atoms with E-state index in [0.29, 0.717) is 20.8 Å². The minimum atomic E-state index is -0.156. The predicted molar refractivity (Wildman–Crippen MR) is 79.3 cm³/mol. The molecule has 2 rings (SSSR count). The van der Waals surface area contributed by atoms with Crippen molar-refractivity contribution in [1.29, 1.82) is 0 Å². The zero-order valence-corrected chi connectivity index (χ0v) is 13.3. The number of carbonyl (C=O) groups is 1. The van der Waals surface area contributed by atoms with Gasteiger partial charge in [0, 0.05) is 25.7 Å². The zero-order valence-electron chi connectivity index (χ0n) is 9.38. The van der Waals surface area contributed by atoms with E-state index in [4.69, 9.17) is 11.6 Å². The molecule has 0 N–H and O–H groups in total. The van der Waals surface area contributed by atoms with Gasteiger partial charge in [0.2, 0.25) is 5.78 Å². The van der Waals surface area contributed by atoms with E-state index in [1.165, 1.54) is 0 Å². The Morgan fingerprint density at radius 2 is 2.00 bits per heavy atom. The van der Waals surface area contributed by atoms with Crippen LogP contribution in [0.25, 0.3) is 0 Å². The maximum Gasteiger partial charge on any atom is 0.212 e. The summed E-state index contributed by atoms with van der Waals surface area (Å²) in [6.45, 7) is 1.89. The van der Waals surface area contributed by atoms with Gasteiger partial charge < -0.3 is 0 Å². The van der Waals surface area contributed by atoms with Gasteiger partial charge in [-0.05, 0) is 56.5 Å². The summed E-state index contributed by atoms with van der Waals surface area (Å²) in [5.74, 6) is -0.156. The highest BCUT2D eigenvalue weighted by atomic mass is 79.9. The molecule has 0 aliphatic heterocycles. The quantitative estimate of drug-likeness (QED) is 0.691. The lowest BCUT2D eigenvalue weighted by molar-refractivity contribution is 0.103. The summed E-state index contributed by atoms with van der Waals surface area (Å²) in [6, 6.07) is 7.02. The van der Waals surface area contributed by atoms with Crippen LogP contribution in [0.15, 0.2) is 39.4 Å². The zero-order chi connectivity index (χ0) is 13.3. The van der Waals surface area contributed by atoms with E-state index >= 15 is 0 Å². The van der Waals surface area contributed by atoms with Crippen molar-refractivity contribution in [3.63, 3.8) is 0 Å². The molecule has 2 nitrogen and oxygen atoms in total. The van der Waals surface area contributed by atoms with Gasteiger partial charge in [-0.25, -0.2) is 0 Å². The van der Waals surface area contributed by atoms with Crippen molar-refractivity contribution in [2.45, 2.75) is 6.92 Å². The monoisotopic (exact) mass is 387 g/mol. The Bertz CT molecular complexity index is 628. The predicted octanol–water partition coefficient (Wildman–Crippen LogP) is 4.80. The molecule has 2 aromatic rings. The van der Waals surface area contributed by atoms with Crippen LogP contribution in [0.4, 0.5) is 0 Å². The summed E-state index contributed by atoms with van der Waals surface area (Å²) in [7, 11) is 0. The summed E-state index contributed by atoms with van der Waals surface area (Å²) < 4.78 is 1.46. The molecule has 18 heavy (non-hydrogen) atoms. The van der Waals surface area contributed by atoms with Crippen molar-refractivity contribution in [2.75, 3.05) is 0 Å². The average Bonchev–Trinajstić information content (AvgIpc) is 2.32. The molecule has 1 aromatic carbocycles. The molecular formula is C13H8Br2ClNO. The second kappa shape index (κ2) is 5.51. The third-order valence-electron chi connectivity index (χ3n) is 2.46. The Morgan fingerprint density at radius 1 is 1.28 bits per heavy atom. The van der Waals surface area contributed by atoms with Gasteiger partial charge in [-0.2, -0.15) is 0 Å². The summed E-state index contributed by atoms with van der Waals surface area (Å²) in [5.41, 5.74) is 1.84. The van der Waals surface area contributed by atoms with Crippen LogP contribution in [-0.4, -0.2) is 10.8 Å². The molecule has 0 unspecified atom stereocenters. The number of nitrogens with zero attached hydrogens (tertiary/aromatic N) is 1. The first-order valence-corrected chi connectivity index (χ1v) is 7.07. The van der Waals surface area contributed by atoms with Crippen LogP contribution in [0.2, 0.25) is 5.02 Å². The first-order valence-electron chi connectivity index (χ1n) is 5.11. The summed E-state index contributed by atoms with van der Waals surface area (Å²) in [6.07, 6.45) is 1.59. The van der Waals surface area contributed by atoms with Crippen molar-refractivity contribution < 1.29 is 4.79 Å². The lowest BCUT2D eigenvalue weighted by Gasteiger charge is -2.05. The van der Waals surface area contributed by atoms with E-state index in [2.05, 4.69) is 36.8 Å². The van der Waals surface area contributed by atoms with E-state index in [-0.39, 0.29) is 5.78 Å². The molecule has 0 atom stereocenters. The first-order chi connectivity index (χ1) is 8.49. The Hall–Kier alpha value is -0.710. The Morgan fingerprint density at radius 3 is 2.61 bits per heavy atom. The van der Waals surface area contributed by atoms with Gasteiger partial charge in [-0.1, -0.05) is 23.7 Å². The molecule has 0 aliphatic rings. The molecular weight excluding hydrogens is 381 g/mol. The highest BCUT2D eigenvalue weighted by Crippen LogP contribution is 2.24. The van der Waals surface area contributed by atoms with Gasteiger partial charge in [0.15, 0.2) is 0 Å². The topological polar surface area (TPSA) is 30.0 Å². The fourth-order valence-corrected chi connectivity index (χ4v) is 2.80. The van der Waals surface area contributed by atoms with E-state index in [1.807, 2.05) is 13.0 Å². The van der Waals surface area contributed by atoms with E-state index in [9.17, 15) is 4.79 Å². The molecule has 1 aromatic heterocycles. The van der Waals surface area contributed by atoms with E-state index in [1.54, 1.807) is 24.4 Å². The highest BCUT2D eigenvalue weighted by Gasteiger charge is 2.15. The summed E-state index contributed by atoms with van der Waals surface area (Å²) in [5, 5.41) is 0.578. The molecule has 0 amide bonds. The Kier molecular flexibility index (Phi) is 4.20. The molecule has 92 valence electrons. The third-order valence-corrected chi connectivity index (χ3v) is 3.90. The second-order valence-corrected chi connectivity index (χ2v) is 5.95. The molecule has 1 heterocycles. The number of ketones is 1. The number of pyridine rings is 1. The standard InChI is InChI=1S/C13H8Br2ClNO/c1-7-2-3-8(4-11(7)16)13(18)12-10(15)5-9(14)6-17-12/h2-6H,1H3. The van der Waals surface area contributed by atoms with Crippen molar-refractivity contribution in [1.82, 2.24) is 4.98 Å². The average molecular weight is 389 g/mol. The van der Waals surface area contributed by atoms with Crippen LogP contribution in [0.3, 0.4) is 0 Å². The molecule has 0 fully saturated rings. The van der Waals surface area contributed by atoms with Gasteiger partial charge in [0.05, 0.1) is 0 Å². The largest absolute Gasteiger partial charge is 0.287 e. The molecule has 0 saturated carbocycles. The number of halogens is 3. The SMILES string of the molecule is Cc1ccc(C(=O)c2ncc(Br)cc2Br)cc1Cl. The number of benzene rings is 1. The smallest absolute Gasteiger partial charge is 0.212 e. The Labute approximate surface area is 127 Å². The van der Waals surface area contributed by atoms with E-state index < -0.39 is 0 Å². The van der Waals surface area contributed by atoms with Gasteiger partial charge in [-0.15, -0.1) is 0 Å². The van der Waals surface area contributed by atoms with Gasteiger partial charge in [0.1, 0.15) is 5.69 Å². The normalized spacial score (nSPS) is 10.4. The Balaban J connectivity index is 2.44. The van der Waals surface area contributed by atoms with Crippen LogP contribution in [0, 0.1) is 6.92 Å².